The van der Waals surface area contributed by atoms with Gasteiger partial charge in [0, 0.05) is 6.04 Å². The highest BCUT2D eigenvalue weighted by atomic mass is 15.2. The van der Waals surface area contributed by atoms with Crippen LogP contribution in [0.1, 0.15) is 40.0 Å². The van der Waals surface area contributed by atoms with Gasteiger partial charge in [0.2, 0.25) is 0 Å². The molecule has 1 heterocycles. The second-order valence-corrected chi connectivity index (χ2v) is 4.99. The molecule has 3 heteroatoms. The fourth-order valence-electron chi connectivity index (χ4n) is 2.81. The molecule has 0 bridgehead atoms. The van der Waals surface area contributed by atoms with Crippen molar-refractivity contribution in [1.82, 2.24) is 15.1 Å². The fraction of sp³-hybridized carbons (Fsp3) is 1.00. The van der Waals surface area contributed by atoms with Crippen molar-refractivity contribution in [3.05, 3.63) is 0 Å². The molecule has 17 heavy (non-hydrogen) atoms. The van der Waals surface area contributed by atoms with Crippen LogP contribution >= 0.6 is 0 Å². The van der Waals surface area contributed by atoms with Gasteiger partial charge in [-0.25, -0.2) is 0 Å². The number of nitrogens with zero attached hydrogens (tertiary/aromatic N) is 2. The van der Waals surface area contributed by atoms with Crippen LogP contribution < -0.4 is 5.32 Å². The predicted octanol–water partition coefficient (Wildman–Crippen LogP) is 1.79. The van der Waals surface area contributed by atoms with Crippen LogP contribution in [0, 0.1) is 0 Å². The predicted molar refractivity (Wildman–Crippen MR) is 75.5 cm³/mol. The lowest BCUT2D eigenvalue weighted by molar-refractivity contribution is 0.159. The molecule has 0 radical (unpaired) electrons. The molecule has 0 aromatic rings. The first-order valence-corrected chi connectivity index (χ1v) is 7.48. The molecule has 0 aromatic carbocycles. The Bertz CT molecular complexity index is 174. The van der Waals surface area contributed by atoms with Crippen LogP contribution in [0.15, 0.2) is 0 Å². The molecule has 3 nitrogen and oxygen atoms in total. The number of piperidine rings is 1. The van der Waals surface area contributed by atoms with Gasteiger partial charge in [-0.1, -0.05) is 20.8 Å². The van der Waals surface area contributed by atoms with Gasteiger partial charge in [-0.05, 0) is 65.1 Å². The summed E-state index contributed by atoms with van der Waals surface area (Å²) in [4.78, 5) is 5.21. The van der Waals surface area contributed by atoms with Crippen LogP contribution in [0.4, 0.5) is 0 Å². The maximum Gasteiger partial charge on any atom is 0.0119 e. The second-order valence-electron chi connectivity index (χ2n) is 4.99. The molecule has 1 aliphatic heterocycles. The first-order chi connectivity index (χ1) is 8.31. The van der Waals surface area contributed by atoms with Gasteiger partial charge in [-0.2, -0.15) is 0 Å². The van der Waals surface area contributed by atoms with Gasteiger partial charge in [0.1, 0.15) is 0 Å². The van der Waals surface area contributed by atoms with E-state index in [0.29, 0.717) is 0 Å². The minimum atomic E-state index is 0.831. The van der Waals surface area contributed by atoms with E-state index in [1.54, 1.807) is 0 Å². The topological polar surface area (TPSA) is 18.5 Å². The summed E-state index contributed by atoms with van der Waals surface area (Å²) in [7, 11) is 0. The van der Waals surface area contributed by atoms with E-state index in [-0.39, 0.29) is 0 Å². The molecule has 0 saturated carbocycles. The largest absolute Gasteiger partial charge is 0.317 e. The van der Waals surface area contributed by atoms with Crippen molar-refractivity contribution < 1.29 is 0 Å². The third kappa shape index (κ3) is 5.36. The molecule has 1 fully saturated rings. The minimum absolute atomic E-state index is 0.831. The third-order valence-corrected chi connectivity index (χ3v) is 4.05. The van der Waals surface area contributed by atoms with Crippen LogP contribution in [0.5, 0.6) is 0 Å². The summed E-state index contributed by atoms with van der Waals surface area (Å²) in [6.07, 6.45) is 3.98. The summed E-state index contributed by atoms with van der Waals surface area (Å²) >= 11 is 0. The van der Waals surface area contributed by atoms with Gasteiger partial charge >= 0.3 is 0 Å². The lowest BCUT2D eigenvalue weighted by Crippen LogP contribution is -2.44. The molecular formula is C14H31N3. The summed E-state index contributed by atoms with van der Waals surface area (Å²) < 4.78 is 0. The van der Waals surface area contributed by atoms with Crippen molar-refractivity contribution in [2.45, 2.75) is 46.1 Å². The molecule has 0 aliphatic carbocycles. The number of hydrogen-bond acceptors (Lipinski definition) is 3. The van der Waals surface area contributed by atoms with Crippen LogP contribution in [0.25, 0.3) is 0 Å². The van der Waals surface area contributed by atoms with Crippen molar-refractivity contribution in [2.24, 2.45) is 0 Å². The smallest absolute Gasteiger partial charge is 0.0119 e. The van der Waals surface area contributed by atoms with E-state index >= 15 is 0 Å². The average molecular weight is 241 g/mol. The normalized spacial score (nSPS) is 18.2. The molecule has 1 aliphatic rings. The number of rotatable bonds is 8. The van der Waals surface area contributed by atoms with Crippen LogP contribution in [0.3, 0.4) is 0 Å². The highest BCUT2D eigenvalue weighted by Gasteiger charge is 2.18. The SMILES string of the molecule is CCN(CC)CCCN(CC)C1CCNCC1. The van der Waals surface area contributed by atoms with E-state index < -0.39 is 0 Å². The standard InChI is InChI=1S/C14H31N3/c1-4-16(5-2)12-7-13-17(6-3)14-8-10-15-11-9-14/h14-15H,4-13H2,1-3H3. The van der Waals surface area contributed by atoms with Crippen LogP contribution in [0.2, 0.25) is 0 Å². The summed E-state index contributed by atoms with van der Waals surface area (Å²) in [5.74, 6) is 0. The first kappa shape index (κ1) is 14.9. The molecule has 0 unspecified atom stereocenters. The van der Waals surface area contributed by atoms with Gasteiger partial charge in [0.15, 0.2) is 0 Å². The Morgan fingerprint density at radius 3 is 2.12 bits per heavy atom. The van der Waals surface area contributed by atoms with Crippen molar-refractivity contribution in [3.63, 3.8) is 0 Å². The average Bonchev–Trinajstić information content (AvgIpc) is 2.40. The summed E-state index contributed by atoms with van der Waals surface area (Å²) in [5.41, 5.74) is 0. The highest BCUT2D eigenvalue weighted by molar-refractivity contribution is 4.77. The maximum atomic E-state index is 3.45. The van der Waals surface area contributed by atoms with Crippen molar-refractivity contribution in [2.75, 3.05) is 45.8 Å². The van der Waals surface area contributed by atoms with E-state index in [1.165, 1.54) is 65.1 Å². The summed E-state index contributed by atoms with van der Waals surface area (Å²) in [5, 5.41) is 3.45. The van der Waals surface area contributed by atoms with E-state index in [4.69, 9.17) is 0 Å². The van der Waals surface area contributed by atoms with Gasteiger partial charge in [-0.3, -0.25) is 0 Å². The van der Waals surface area contributed by atoms with Crippen LogP contribution in [-0.4, -0.2) is 61.7 Å². The van der Waals surface area contributed by atoms with Crippen molar-refractivity contribution in [1.29, 1.82) is 0 Å². The molecule has 0 aromatic heterocycles. The quantitative estimate of drug-likeness (QED) is 0.699. The van der Waals surface area contributed by atoms with Gasteiger partial charge in [0.05, 0.1) is 0 Å². The molecule has 1 N–H and O–H groups in total. The van der Waals surface area contributed by atoms with Crippen LogP contribution in [-0.2, 0) is 0 Å². The van der Waals surface area contributed by atoms with E-state index in [2.05, 4.69) is 35.9 Å². The maximum absolute atomic E-state index is 3.45. The molecular weight excluding hydrogens is 210 g/mol. The molecule has 0 amide bonds. The van der Waals surface area contributed by atoms with Crippen molar-refractivity contribution >= 4 is 0 Å². The molecule has 0 atom stereocenters. The zero-order valence-corrected chi connectivity index (χ0v) is 12.0. The second kappa shape index (κ2) is 8.90. The van der Waals surface area contributed by atoms with E-state index in [9.17, 15) is 0 Å². The molecule has 0 spiro atoms. The molecule has 102 valence electrons. The lowest BCUT2D eigenvalue weighted by atomic mass is 10.0. The number of hydrogen-bond donors (Lipinski definition) is 1. The summed E-state index contributed by atoms with van der Waals surface area (Å²) in [6, 6.07) is 0.831. The Hall–Kier alpha value is -0.120. The lowest BCUT2D eigenvalue weighted by Gasteiger charge is -2.34. The minimum Gasteiger partial charge on any atom is -0.317 e. The Balaban J connectivity index is 2.21. The zero-order valence-electron chi connectivity index (χ0n) is 12.0. The molecule has 1 saturated heterocycles. The fourth-order valence-corrected chi connectivity index (χ4v) is 2.81. The Labute approximate surface area is 108 Å². The number of nitrogens with one attached hydrogen (secondary N) is 1. The Morgan fingerprint density at radius 1 is 0.941 bits per heavy atom. The van der Waals surface area contributed by atoms with E-state index in [0.717, 1.165) is 6.04 Å². The molecule has 1 rings (SSSR count). The Kier molecular flexibility index (Phi) is 7.82. The zero-order chi connectivity index (χ0) is 12.5. The monoisotopic (exact) mass is 241 g/mol. The van der Waals surface area contributed by atoms with E-state index in [1.807, 2.05) is 0 Å². The highest BCUT2D eigenvalue weighted by Crippen LogP contribution is 2.12. The summed E-state index contributed by atoms with van der Waals surface area (Å²) in [6.45, 7) is 15.4. The van der Waals surface area contributed by atoms with Gasteiger partial charge < -0.3 is 15.1 Å². The Morgan fingerprint density at radius 2 is 1.59 bits per heavy atom. The first-order valence-electron chi connectivity index (χ1n) is 7.48. The third-order valence-electron chi connectivity index (χ3n) is 4.05. The van der Waals surface area contributed by atoms with Gasteiger partial charge in [-0.15, -0.1) is 0 Å². The van der Waals surface area contributed by atoms with Crippen molar-refractivity contribution in [3.8, 4) is 0 Å². The van der Waals surface area contributed by atoms with Gasteiger partial charge in [0.25, 0.3) is 0 Å².